The Morgan fingerprint density at radius 1 is 1.33 bits per heavy atom. The summed E-state index contributed by atoms with van der Waals surface area (Å²) in [5.41, 5.74) is 1.38. The highest BCUT2D eigenvalue weighted by Gasteiger charge is 2.02. The molecule has 2 rings (SSSR count). The van der Waals surface area contributed by atoms with Crippen LogP contribution < -0.4 is 10.7 Å². The molecule has 0 fully saturated rings. The molecule has 2 amide bonds. The first-order chi connectivity index (χ1) is 8.54. The lowest BCUT2D eigenvalue weighted by atomic mass is 10.4. The van der Waals surface area contributed by atoms with Crippen LogP contribution in [0.4, 0.5) is 5.95 Å². The minimum absolute atomic E-state index is 0.202. The Bertz CT molecular complexity index is 688. The van der Waals surface area contributed by atoms with Gasteiger partial charge in [-0.05, 0) is 18.2 Å². The Labute approximate surface area is 103 Å². The maximum Gasteiger partial charge on any atom is 0.243 e. The molecular weight excluding hydrogens is 232 g/mol. The first-order valence-corrected chi connectivity index (χ1v) is 5.37. The number of nitrogens with one attached hydrogen (secondary N) is 2. The lowest BCUT2D eigenvalue weighted by molar-refractivity contribution is -0.116. The minimum atomic E-state index is -0.268. The van der Waals surface area contributed by atoms with Crippen molar-refractivity contribution in [3.63, 3.8) is 0 Å². The summed E-state index contributed by atoms with van der Waals surface area (Å²) < 4.78 is 0. The zero-order valence-corrected chi connectivity index (χ0v) is 10.0. The van der Waals surface area contributed by atoms with Crippen molar-refractivity contribution in [2.75, 3.05) is 5.32 Å². The second kappa shape index (κ2) is 4.79. The van der Waals surface area contributed by atoms with E-state index < -0.39 is 0 Å². The number of anilines is 1. The summed E-state index contributed by atoms with van der Waals surface area (Å²) in [4.78, 5) is 32.9. The van der Waals surface area contributed by atoms with E-state index in [9.17, 15) is 9.59 Å². The largest absolute Gasteiger partial charge is 0.324 e. The smallest absolute Gasteiger partial charge is 0.243 e. The third-order valence-electron chi connectivity index (χ3n) is 2.16. The summed E-state index contributed by atoms with van der Waals surface area (Å²) in [6.07, 6.45) is 0. The zero-order chi connectivity index (χ0) is 13.1. The number of H-pyrrole nitrogens is 1. The number of carbonyl (C=O) groups is 2. The van der Waals surface area contributed by atoms with Crippen LogP contribution in [-0.4, -0.2) is 21.8 Å². The van der Waals surface area contributed by atoms with Crippen molar-refractivity contribution >= 4 is 28.8 Å². The predicted molar refractivity (Wildman–Crippen MR) is 66.6 cm³/mol. The molecule has 0 atom stereocenters. The fourth-order valence-corrected chi connectivity index (χ4v) is 1.55. The highest BCUT2D eigenvalue weighted by molar-refractivity contribution is 5.89. The van der Waals surface area contributed by atoms with Crippen molar-refractivity contribution < 1.29 is 9.59 Å². The number of aromatic amines is 1. The van der Waals surface area contributed by atoms with Crippen LogP contribution >= 0.6 is 0 Å². The molecule has 0 aliphatic carbocycles. The quantitative estimate of drug-likeness (QED) is 0.783. The molecule has 0 aliphatic rings. The zero-order valence-electron chi connectivity index (χ0n) is 10.0. The van der Waals surface area contributed by atoms with Crippen molar-refractivity contribution in [1.82, 2.24) is 9.97 Å². The van der Waals surface area contributed by atoms with E-state index in [1.54, 1.807) is 24.3 Å². The van der Waals surface area contributed by atoms with E-state index in [1.165, 1.54) is 13.8 Å². The average Bonchev–Trinajstić information content (AvgIpc) is 2.49. The van der Waals surface area contributed by atoms with Crippen LogP contribution in [0.5, 0.6) is 0 Å². The van der Waals surface area contributed by atoms with Crippen LogP contribution in [0.2, 0.25) is 0 Å². The minimum Gasteiger partial charge on any atom is -0.324 e. The van der Waals surface area contributed by atoms with E-state index in [1.807, 2.05) is 0 Å². The average molecular weight is 244 g/mol. The topological polar surface area (TPSA) is 87.2 Å². The van der Waals surface area contributed by atoms with Crippen LogP contribution in [0.1, 0.15) is 13.8 Å². The summed E-state index contributed by atoms with van der Waals surface area (Å²) >= 11 is 0. The summed E-state index contributed by atoms with van der Waals surface area (Å²) in [5, 5.41) is 3.10. The van der Waals surface area contributed by atoms with E-state index >= 15 is 0 Å². The van der Waals surface area contributed by atoms with Gasteiger partial charge in [-0.3, -0.25) is 14.9 Å². The summed E-state index contributed by atoms with van der Waals surface area (Å²) in [6.45, 7) is 2.80. The molecule has 6 nitrogen and oxygen atoms in total. The molecule has 0 bridgehead atoms. The Hall–Kier alpha value is -2.50. The number of aromatic nitrogens is 2. The first-order valence-electron chi connectivity index (χ1n) is 5.37. The summed E-state index contributed by atoms with van der Waals surface area (Å²) in [5.74, 6) is -0.0968. The molecule has 0 saturated heterocycles. The first kappa shape index (κ1) is 12.0. The highest BCUT2D eigenvalue weighted by Crippen LogP contribution is 2.10. The van der Waals surface area contributed by atoms with E-state index in [4.69, 9.17) is 0 Å². The fraction of sp³-hybridized carbons (Fsp3) is 0.167. The van der Waals surface area contributed by atoms with Gasteiger partial charge in [-0.25, -0.2) is 9.98 Å². The molecule has 18 heavy (non-hydrogen) atoms. The molecule has 1 heterocycles. The number of rotatable bonds is 1. The second-order valence-corrected chi connectivity index (χ2v) is 3.79. The number of imidazole rings is 1. The van der Waals surface area contributed by atoms with Crippen molar-refractivity contribution in [3.8, 4) is 0 Å². The molecule has 0 spiro atoms. The van der Waals surface area contributed by atoms with E-state index in [2.05, 4.69) is 20.3 Å². The molecule has 0 radical (unpaired) electrons. The number of nitrogens with zero attached hydrogens (tertiary/aromatic N) is 2. The Morgan fingerprint density at radius 2 is 2.11 bits per heavy atom. The van der Waals surface area contributed by atoms with Gasteiger partial charge >= 0.3 is 0 Å². The van der Waals surface area contributed by atoms with Crippen LogP contribution in [-0.2, 0) is 9.59 Å². The molecule has 1 aromatic heterocycles. The molecule has 0 aliphatic heterocycles. The summed E-state index contributed by atoms with van der Waals surface area (Å²) in [7, 11) is 0. The van der Waals surface area contributed by atoms with Gasteiger partial charge < -0.3 is 4.98 Å². The number of hydrogen-bond donors (Lipinski definition) is 2. The molecule has 0 saturated carbocycles. The van der Waals surface area contributed by atoms with E-state index in [0.29, 0.717) is 22.3 Å². The second-order valence-electron chi connectivity index (χ2n) is 3.79. The van der Waals surface area contributed by atoms with Gasteiger partial charge in [0.1, 0.15) is 0 Å². The number of hydrogen-bond acceptors (Lipinski definition) is 3. The molecular formula is C12H12N4O2. The maximum absolute atomic E-state index is 11.0. The molecule has 0 unspecified atom stereocenters. The van der Waals surface area contributed by atoms with Gasteiger partial charge in [0.2, 0.25) is 17.8 Å². The van der Waals surface area contributed by atoms with Crippen molar-refractivity contribution in [2.24, 2.45) is 4.99 Å². The Kier molecular flexibility index (Phi) is 3.18. The monoisotopic (exact) mass is 244 g/mol. The molecule has 2 aromatic rings. The number of amides is 2. The Balaban J connectivity index is 2.57. The number of fused-ring (bicyclic) bond motifs is 1. The van der Waals surface area contributed by atoms with Gasteiger partial charge in [0, 0.05) is 13.8 Å². The van der Waals surface area contributed by atoms with Gasteiger partial charge in [-0.2, -0.15) is 0 Å². The van der Waals surface area contributed by atoms with Gasteiger partial charge in [0.25, 0.3) is 0 Å². The Morgan fingerprint density at radius 3 is 2.78 bits per heavy atom. The SMILES string of the molecule is CC(=O)N=c1cccc2nc(NC(C)=O)[nH]c2c1. The van der Waals surface area contributed by atoms with Crippen LogP contribution in [0.25, 0.3) is 11.0 Å². The van der Waals surface area contributed by atoms with Gasteiger partial charge in [-0.15, -0.1) is 0 Å². The third-order valence-corrected chi connectivity index (χ3v) is 2.16. The normalized spacial score (nSPS) is 11.6. The van der Waals surface area contributed by atoms with Gasteiger partial charge in [-0.1, -0.05) is 6.07 Å². The third kappa shape index (κ3) is 2.79. The standard InChI is InChI=1S/C12H12N4O2/c1-7(17)13-9-4-3-5-10-11(6-9)16-12(15-10)14-8(2)18/h3-6H,1-2H3,(H2,14,15,16,18). The van der Waals surface area contributed by atoms with Crippen LogP contribution in [0.15, 0.2) is 29.3 Å². The molecule has 92 valence electrons. The van der Waals surface area contributed by atoms with E-state index in [0.717, 1.165) is 0 Å². The molecule has 1 aromatic carbocycles. The number of carbonyl (C=O) groups excluding carboxylic acids is 2. The lowest BCUT2D eigenvalue weighted by Gasteiger charge is -1.92. The maximum atomic E-state index is 11.0. The van der Waals surface area contributed by atoms with Crippen LogP contribution in [0.3, 0.4) is 0 Å². The van der Waals surface area contributed by atoms with Crippen molar-refractivity contribution in [2.45, 2.75) is 13.8 Å². The fourth-order valence-electron chi connectivity index (χ4n) is 1.55. The van der Waals surface area contributed by atoms with Crippen molar-refractivity contribution in [1.29, 1.82) is 0 Å². The highest BCUT2D eigenvalue weighted by atomic mass is 16.1. The van der Waals surface area contributed by atoms with Crippen LogP contribution in [0, 0.1) is 0 Å². The summed E-state index contributed by atoms with van der Waals surface area (Å²) in [6, 6.07) is 6.95. The van der Waals surface area contributed by atoms with E-state index in [-0.39, 0.29) is 11.8 Å². The predicted octanol–water partition coefficient (Wildman–Crippen LogP) is 0.968. The van der Waals surface area contributed by atoms with Gasteiger partial charge in [0.15, 0.2) is 0 Å². The molecule has 2 N–H and O–H groups in total. The van der Waals surface area contributed by atoms with Gasteiger partial charge in [0.05, 0.1) is 16.4 Å². The lowest BCUT2D eigenvalue weighted by Crippen LogP contribution is -2.06. The van der Waals surface area contributed by atoms with Crippen molar-refractivity contribution in [3.05, 3.63) is 29.6 Å². The molecule has 6 heteroatoms.